The van der Waals surface area contributed by atoms with E-state index in [4.69, 9.17) is 9.97 Å². The Morgan fingerprint density at radius 3 is 2.57 bits per heavy atom. The third-order valence-electron chi connectivity index (χ3n) is 6.27. The first-order chi connectivity index (χ1) is 16.9. The molecule has 35 heavy (non-hydrogen) atoms. The quantitative estimate of drug-likeness (QED) is 0.381. The molecule has 3 aromatic heterocycles. The number of nitrogens with zero attached hydrogens (tertiary/aromatic N) is 5. The molecule has 4 aromatic rings. The Morgan fingerprint density at radius 1 is 1.17 bits per heavy atom. The Balaban J connectivity index is 1.48. The minimum absolute atomic E-state index is 0.194. The van der Waals surface area contributed by atoms with Crippen LogP contribution in [0.15, 0.2) is 48.7 Å². The van der Waals surface area contributed by atoms with Crippen molar-refractivity contribution < 1.29 is 13.6 Å². The van der Waals surface area contributed by atoms with Crippen molar-refractivity contribution >= 4 is 34.0 Å². The number of rotatable bonds is 7. The highest BCUT2D eigenvalue weighted by atomic mass is 32.2. The molecule has 180 valence electrons. The van der Waals surface area contributed by atoms with Crippen LogP contribution in [0.1, 0.15) is 42.4 Å². The summed E-state index contributed by atoms with van der Waals surface area (Å²) in [6, 6.07) is 13.2. The van der Waals surface area contributed by atoms with Gasteiger partial charge in [0.2, 0.25) is 5.91 Å². The van der Waals surface area contributed by atoms with Gasteiger partial charge in [-0.2, -0.15) is 0 Å². The van der Waals surface area contributed by atoms with Crippen molar-refractivity contribution in [3.05, 3.63) is 71.3 Å². The van der Waals surface area contributed by atoms with Crippen molar-refractivity contribution in [1.82, 2.24) is 19.5 Å². The molecular weight excluding hydrogens is 462 g/mol. The number of anilines is 1. The fraction of sp³-hybridized carbons (Fsp3) is 0.308. The molecule has 0 spiro atoms. The molecule has 8 nitrogen and oxygen atoms in total. The number of hydrogen-bond donors (Lipinski definition) is 1. The molecule has 1 unspecified atom stereocenters. The summed E-state index contributed by atoms with van der Waals surface area (Å²) >= 11 is -2.47. The molecule has 5 rings (SSSR count). The van der Waals surface area contributed by atoms with Crippen LogP contribution in [0.2, 0.25) is 0 Å². The number of carbonyl (C=O) groups excluding carboxylic acids is 1. The number of imidazole rings is 1. The topological polar surface area (TPSA) is 101 Å². The number of carbonyl (C=O) groups is 1. The zero-order chi connectivity index (χ0) is 24.7. The highest BCUT2D eigenvalue weighted by molar-refractivity contribution is 7.81. The van der Waals surface area contributed by atoms with E-state index in [0.717, 1.165) is 62.9 Å². The lowest BCUT2D eigenvalue weighted by Gasteiger charge is -2.20. The Hall–Kier alpha value is -3.43. The fourth-order valence-corrected chi connectivity index (χ4v) is 5.01. The highest BCUT2D eigenvalue weighted by Gasteiger charge is 2.37. The van der Waals surface area contributed by atoms with Gasteiger partial charge in [-0.1, -0.05) is 31.2 Å². The second kappa shape index (κ2) is 9.31. The van der Waals surface area contributed by atoms with E-state index < -0.39 is 11.3 Å². The van der Waals surface area contributed by atoms with Gasteiger partial charge in [-0.25, -0.2) is 18.5 Å². The van der Waals surface area contributed by atoms with Gasteiger partial charge in [-0.3, -0.25) is 14.3 Å². The molecule has 1 atom stereocenters. The van der Waals surface area contributed by atoms with Crippen LogP contribution in [0.5, 0.6) is 0 Å². The Morgan fingerprint density at radius 2 is 1.91 bits per heavy atom. The first-order valence-electron chi connectivity index (χ1n) is 11.7. The average Bonchev–Trinajstić information content (AvgIpc) is 3.63. The van der Waals surface area contributed by atoms with E-state index in [1.165, 1.54) is 0 Å². The number of fused-ring (bicyclic) bond motifs is 1. The van der Waals surface area contributed by atoms with Gasteiger partial charge in [0.15, 0.2) is 5.65 Å². The molecule has 1 fully saturated rings. The molecule has 0 aliphatic heterocycles. The van der Waals surface area contributed by atoms with E-state index in [2.05, 4.69) is 29.5 Å². The van der Waals surface area contributed by atoms with Crippen LogP contribution in [0.25, 0.3) is 22.4 Å². The van der Waals surface area contributed by atoms with E-state index in [1.54, 1.807) is 18.3 Å². The van der Waals surface area contributed by atoms with E-state index in [9.17, 15) is 13.6 Å². The standard InChI is InChI=1S/C26H27N5O3S/c1-4-22-29-23-16(2)14-17(3)28-25(23)30(22)15-18-7-9-19(10-8-18)24-21(6-5-13-27-24)31(35(33)34)26(32)20-11-12-20/h5-10,13-14,20H,4,11-12,15H2,1-3H3,(H,33,34). The number of hydrogen-bond acceptors (Lipinski definition) is 5. The maximum Gasteiger partial charge on any atom is 0.269 e. The van der Waals surface area contributed by atoms with Crippen LogP contribution in [-0.2, 0) is 29.0 Å². The summed E-state index contributed by atoms with van der Waals surface area (Å²) in [5.41, 5.74) is 6.55. The second-order valence-corrected chi connectivity index (χ2v) is 9.75. The lowest BCUT2D eigenvalue weighted by atomic mass is 10.1. The maximum atomic E-state index is 12.7. The molecule has 1 N–H and O–H groups in total. The molecule has 1 aromatic carbocycles. The number of amides is 1. The molecule has 1 aliphatic rings. The minimum Gasteiger partial charge on any atom is -0.308 e. The van der Waals surface area contributed by atoms with E-state index in [-0.39, 0.29) is 11.8 Å². The predicted molar refractivity (Wildman–Crippen MR) is 136 cm³/mol. The Labute approximate surface area is 206 Å². The van der Waals surface area contributed by atoms with Gasteiger partial charge < -0.3 is 4.57 Å². The third-order valence-corrected chi connectivity index (χ3v) is 6.96. The lowest BCUT2D eigenvalue weighted by molar-refractivity contribution is -0.118. The van der Waals surface area contributed by atoms with Gasteiger partial charge >= 0.3 is 0 Å². The summed E-state index contributed by atoms with van der Waals surface area (Å²) in [5, 5.41) is 0. The number of benzene rings is 1. The van der Waals surface area contributed by atoms with Gasteiger partial charge in [0.05, 0.1) is 17.9 Å². The Kier molecular flexibility index (Phi) is 6.21. The van der Waals surface area contributed by atoms with Gasteiger partial charge in [0.25, 0.3) is 11.3 Å². The van der Waals surface area contributed by atoms with Crippen LogP contribution < -0.4 is 4.31 Å². The molecule has 1 aliphatic carbocycles. The zero-order valence-corrected chi connectivity index (χ0v) is 20.7. The van der Waals surface area contributed by atoms with Crippen molar-refractivity contribution in [1.29, 1.82) is 0 Å². The lowest BCUT2D eigenvalue weighted by Crippen LogP contribution is -2.34. The molecule has 3 heterocycles. The second-order valence-electron chi connectivity index (χ2n) is 8.93. The minimum atomic E-state index is -2.47. The van der Waals surface area contributed by atoms with Gasteiger partial charge in [0, 0.05) is 29.8 Å². The van der Waals surface area contributed by atoms with E-state index in [0.29, 0.717) is 17.9 Å². The van der Waals surface area contributed by atoms with Crippen molar-refractivity contribution in [3.63, 3.8) is 0 Å². The molecule has 9 heteroatoms. The number of aromatic nitrogens is 4. The summed E-state index contributed by atoms with van der Waals surface area (Å²) in [4.78, 5) is 26.7. The SMILES string of the molecule is CCc1nc2c(C)cc(C)nc2n1Cc1ccc(-c2ncccc2N(C(=O)C2CC2)S(=O)O)cc1. The van der Waals surface area contributed by atoms with Crippen LogP contribution in [-0.4, -0.2) is 34.2 Å². The van der Waals surface area contributed by atoms with Gasteiger partial charge in [-0.05, 0) is 56.0 Å². The predicted octanol–water partition coefficient (Wildman–Crippen LogP) is 4.60. The molecule has 0 radical (unpaired) electrons. The number of aryl methyl sites for hydroxylation is 3. The zero-order valence-electron chi connectivity index (χ0n) is 19.9. The van der Waals surface area contributed by atoms with Crippen LogP contribution in [0, 0.1) is 19.8 Å². The summed E-state index contributed by atoms with van der Waals surface area (Å²) < 4.78 is 25.1. The van der Waals surface area contributed by atoms with Crippen molar-refractivity contribution in [2.24, 2.45) is 5.92 Å². The fourth-order valence-electron chi connectivity index (χ4n) is 4.39. The number of pyridine rings is 2. The van der Waals surface area contributed by atoms with E-state index in [1.807, 2.05) is 31.2 Å². The summed E-state index contributed by atoms with van der Waals surface area (Å²) in [7, 11) is 0. The normalized spacial score (nSPS) is 14.3. The van der Waals surface area contributed by atoms with Crippen molar-refractivity contribution in [3.8, 4) is 11.3 Å². The van der Waals surface area contributed by atoms with Crippen LogP contribution in [0.3, 0.4) is 0 Å². The average molecular weight is 490 g/mol. The molecule has 1 saturated carbocycles. The highest BCUT2D eigenvalue weighted by Crippen LogP contribution is 2.36. The summed E-state index contributed by atoms with van der Waals surface area (Å²) in [6.45, 7) is 6.76. The van der Waals surface area contributed by atoms with Crippen LogP contribution >= 0.6 is 0 Å². The Bertz CT molecular complexity index is 1440. The smallest absolute Gasteiger partial charge is 0.269 e. The van der Waals surface area contributed by atoms with Crippen LogP contribution in [0.4, 0.5) is 5.69 Å². The van der Waals surface area contributed by atoms with E-state index >= 15 is 0 Å². The maximum absolute atomic E-state index is 12.7. The van der Waals surface area contributed by atoms with Gasteiger partial charge in [-0.15, -0.1) is 0 Å². The van der Waals surface area contributed by atoms with Crippen molar-refractivity contribution in [2.75, 3.05) is 4.31 Å². The largest absolute Gasteiger partial charge is 0.308 e. The van der Waals surface area contributed by atoms with Crippen molar-refractivity contribution in [2.45, 2.75) is 46.6 Å². The third kappa shape index (κ3) is 4.49. The van der Waals surface area contributed by atoms with Gasteiger partial charge in [0.1, 0.15) is 11.3 Å². The first kappa shape index (κ1) is 23.3. The first-order valence-corrected chi connectivity index (χ1v) is 12.8. The molecule has 0 saturated heterocycles. The molecule has 1 amide bonds. The summed E-state index contributed by atoms with van der Waals surface area (Å²) in [6.07, 6.45) is 3.91. The monoisotopic (exact) mass is 489 g/mol. The molecular formula is C26H27N5O3S. The molecule has 0 bridgehead atoms. The summed E-state index contributed by atoms with van der Waals surface area (Å²) in [5.74, 6) is 0.450.